The van der Waals surface area contributed by atoms with Crippen LogP contribution in [0, 0.1) is 0 Å². The standard InChI is InChI=1S/C21H22Cl3N5O/c1-3-20(25,4-2)12-26-19-28-17(27-18(29-19)21(22,23)24)15-10-9-13-7-5-6-8-14(13)16(15)11-30/h5-11H,3-4,12,25H2,1-2H3,(H,26,27,28,29). The Balaban J connectivity index is 2.13. The van der Waals surface area contributed by atoms with Gasteiger partial charge in [0.15, 0.2) is 17.9 Å². The maximum Gasteiger partial charge on any atom is 0.250 e. The fourth-order valence-electron chi connectivity index (χ4n) is 3.07. The average Bonchev–Trinajstić information content (AvgIpc) is 2.75. The molecule has 0 spiro atoms. The number of benzene rings is 2. The first-order valence-corrected chi connectivity index (χ1v) is 10.7. The van der Waals surface area contributed by atoms with Crippen molar-refractivity contribution in [1.29, 1.82) is 0 Å². The van der Waals surface area contributed by atoms with Crippen LogP contribution in [0.4, 0.5) is 5.95 Å². The number of aldehydes is 1. The number of aromatic nitrogens is 3. The monoisotopic (exact) mass is 465 g/mol. The van der Waals surface area contributed by atoms with Gasteiger partial charge in [-0.15, -0.1) is 0 Å². The highest BCUT2D eigenvalue weighted by molar-refractivity contribution is 6.66. The minimum absolute atomic E-state index is 0.0411. The molecule has 0 saturated heterocycles. The van der Waals surface area contributed by atoms with Crippen LogP contribution in [0.25, 0.3) is 22.2 Å². The average molecular weight is 467 g/mol. The lowest BCUT2D eigenvalue weighted by atomic mass is 9.94. The van der Waals surface area contributed by atoms with E-state index < -0.39 is 9.33 Å². The number of fused-ring (bicyclic) bond motifs is 1. The summed E-state index contributed by atoms with van der Waals surface area (Å²) in [6.45, 7) is 4.46. The molecule has 0 atom stereocenters. The molecular formula is C21H22Cl3N5O. The number of carbonyl (C=O) groups excluding carboxylic acids is 1. The molecule has 0 aliphatic carbocycles. The Kier molecular flexibility index (Phi) is 6.82. The van der Waals surface area contributed by atoms with Crippen LogP contribution in [0.2, 0.25) is 0 Å². The lowest BCUT2D eigenvalue weighted by molar-refractivity contribution is 0.112. The van der Waals surface area contributed by atoms with Gasteiger partial charge in [-0.2, -0.15) is 9.97 Å². The lowest BCUT2D eigenvalue weighted by Crippen LogP contribution is -2.45. The van der Waals surface area contributed by atoms with Crippen molar-refractivity contribution < 1.29 is 4.79 Å². The van der Waals surface area contributed by atoms with Gasteiger partial charge in [0.05, 0.1) is 0 Å². The summed E-state index contributed by atoms with van der Waals surface area (Å²) in [5, 5.41) is 4.85. The van der Waals surface area contributed by atoms with Crippen LogP contribution in [0.5, 0.6) is 0 Å². The maximum atomic E-state index is 11.9. The molecule has 3 rings (SSSR count). The number of nitrogens with zero attached hydrogens (tertiary/aromatic N) is 3. The molecule has 9 heteroatoms. The van der Waals surface area contributed by atoms with Crippen LogP contribution in [-0.4, -0.2) is 33.3 Å². The Morgan fingerprint density at radius 3 is 2.37 bits per heavy atom. The molecule has 0 bridgehead atoms. The van der Waals surface area contributed by atoms with E-state index in [1.54, 1.807) is 6.07 Å². The topological polar surface area (TPSA) is 93.8 Å². The van der Waals surface area contributed by atoms with Crippen molar-refractivity contribution in [3.8, 4) is 11.4 Å². The summed E-state index contributed by atoms with van der Waals surface area (Å²) in [4.78, 5) is 25.0. The van der Waals surface area contributed by atoms with Gasteiger partial charge in [-0.05, 0) is 29.7 Å². The van der Waals surface area contributed by atoms with E-state index in [0.717, 1.165) is 29.9 Å². The number of rotatable bonds is 7. The molecule has 0 aliphatic heterocycles. The van der Waals surface area contributed by atoms with E-state index in [4.69, 9.17) is 40.5 Å². The molecule has 2 aromatic carbocycles. The predicted octanol–water partition coefficient (Wildman–Crippen LogP) is 5.26. The van der Waals surface area contributed by atoms with Crippen LogP contribution in [0.15, 0.2) is 36.4 Å². The smallest absolute Gasteiger partial charge is 0.250 e. The Labute approximate surface area is 190 Å². The van der Waals surface area contributed by atoms with Gasteiger partial charge in [0.2, 0.25) is 9.74 Å². The summed E-state index contributed by atoms with van der Waals surface area (Å²) in [6.07, 6.45) is 2.32. The highest BCUT2D eigenvalue weighted by atomic mass is 35.6. The first kappa shape index (κ1) is 22.7. The van der Waals surface area contributed by atoms with Crippen molar-refractivity contribution in [2.75, 3.05) is 11.9 Å². The van der Waals surface area contributed by atoms with E-state index in [9.17, 15) is 4.79 Å². The fraction of sp³-hybridized carbons (Fsp3) is 0.333. The van der Waals surface area contributed by atoms with Crippen molar-refractivity contribution in [1.82, 2.24) is 15.0 Å². The first-order chi connectivity index (χ1) is 14.2. The Morgan fingerprint density at radius 2 is 1.73 bits per heavy atom. The van der Waals surface area contributed by atoms with Gasteiger partial charge in [0.1, 0.15) is 0 Å². The zero-order valence-corrected chi connectivity index (χ0v) is 18.9. The van der Waals surface area contributed by atoms with Gasteiger partial charge in [-0.3, -0.25) is 4.79 Å². The normalized spacial score (nSPS) is 12.2. The molecule has 1 heterocycles. The number of nitrogens with one attached hydrogen (secondary N) is 1. The molecule has 0 unspecified atom stereocenters. The maximum absolute atomic E-state index is 11.9. The van der Waals surface area contributed by atoms with Crippen LogP contribution in [0.3, 0.4) is 0 Å². The van der Waals surface area contributed by atoms with E-state index in [-0.39, 0.29) is 17.6 Å². The highest BCUT2D eigenvalue weighted by Crippen LogP contribution is 2.37. The summed E-state index contributed by atoms with van der Waals surface area (Å²) in [5.41, 5.74) is 6.92. The van der Waals surface area contributed by atoms with Crippen LogP contribution in [0.1, 0.15) is 42.9 Å². The van der Waals surface area contributed by atoms with Crippen molar-refractivity contribution >= 4 is 57.8 Å². The molecule has 3 N–H and O–H groups in total. The van der Waals surface area contributed by atoms with Crippen molar-refractivity contribution in [3.05, 3.63) is 47.8 Å². The summed E-state index contributed by atoms with van der Waals surface area (Å²) >= 11 is 18.2. The molecule has 158 valence electrons. The van der Waals surface area contributed by atoms with E-state index in [1.807, 2.05) is 44.2 Å². The summed E-state index contributed by atoms with van der Waals surface area (Å²) < 4.78 is -1.86. The number of anilines is 1. The summed E-state index contributed by atoms with van der Waals surface area (Å²) in [7, 11) is 0. The number of hydrogen-bond donors (Lipinski definition) is 2. The van der Waals surface area contributed by atoms with Crippen molar-refractivity contribution in [3.63, 3.8) is 0 Å². The summed E-state index contributed by atoms with van der Waals surface area (Å²) in [6, 6.07) is 11.2. The SMILES string of the molecule is CCC(N)(CC)CNc1nc(-c2ccc3ccccc3c2C=O)nc(C(Cl)(Cl)Cl)n1. The van der Waals surface area contributed by atoms with E-state index >= 15 is 0 Å². The zero-order valence-electron chi connectivity index (χ0n) is 16.6. The van der Waals surface area contributed by atoms with Gasteiger partial charge in [-0.1, -0.05) is 79.0 Å². The quantitative estimate of drug-likeness (QED) is 0.364. The van der Waals surface area contributed by atoms with E-state index in [1.165, 1.54) is 0 Å². The molecule has 3 aromatic rings. The third-order valence-electron chi connectivity index (χ3n) is 5.23. The van der Waals surface area contributed by atoms with Gasteiger partial charge in [0.25, 0.3) is 0 Å². The number of halogens is 3. The molecule has 1 aromatic heterocycles. The van der Waals surface area contributed by atoms with Gasteiger partial charge in [0, 0.05) is 23.2 Å². The predicted molar refractivity (Wildman–Crippen MR) is 123 cm³/mol. The number of carbonyl (C=O) groups is 1. The molecule has 6 nitrogen and oxygen atoms in total. The minimum atomic E-state index is -1.86. The second kappa shape index (κ2) is 9.02. The molecular weight excluding hydrogens is 445 g/mol. The van der Waals surface area contributed by atoms with Crippen LogP contribution >= 0.6 is 34.8 Å². The molecule has 0 saturated carbocycles. The third-order valence-corrected chi connectivity index (χ3v) is 5.73. The Morgan fingerprint density at radius 1 is 1.03 bits per heavy atom. The fourth-order valence-corrected chi connectivity index (χ4v) is 3.33. The number of alkyl halides is 3. The first-order valence-electron chi connectivity index (χ1n) is 9.54. The van der Waals surface area contributed by atoms with Gasteiger partial charge in [-0.25, -0.2) is 4.98 Å². The second-order valence-corrected chi connectivity index (χ2v) is 9.37. The molecule has 0 radical (unpaired) electrons. The highest BCUT2D eigenvalue weighted by Gasteiger charge is 2.29. The van der Waals surface area contributed by atoms with Crippen molar-refractivity contribution in [2.24, 2.45) is 5.73 Å². The van der Waals surface area contributed by atoms with Crippen molar-refractivity contribution in [2.45, 2.75) is 36.0 Å². The van der Waals surface area contributed by atoms with Gasteiger partial charge >= 0.3 is 0 Å². The van der Waals surface area contributed by atoms with Crippen LogP contribution < -0.4 is 11.1 Å². The van der Waals surface area contributed by atoms with Crippen LogP contribution in [-0.2, 0) is 3.79 Å². The Hall–Kier alpha value is -1.99. The molecule has 0 amide bonds. The minimum Gasteiger partial charge on any atom is -0.352 e. The Bertz CT molecular complexity index is 1060. The lowest BCUT2D eigenvalue weighted by Gasteiger charge is -2.27. The zero-order chi connectivity index (χ0) is 21.9. The largest absolute Gasteiger partial charge is 0.352 e. The molecule has 0 aliphatic rings. The third kappa shape index (κ3) is 4.83. The van der Waals surface area contributed by atoms with E-state index in [0.29, 0.717) is 17.7 Å². The second-order valence-electron chi connectivity index (χ2n) is 7.09. The molecule has 0 fully saturated rings. The number of nitrogens with two attached hydrogens (primary N) is 1. The van der Waals surface area contributed by atoms with Gasteiger partial charge < -0.3 is 11.1 Å². The molecule has 30 heavy (non-hydrogen) atoms. The van der Waals surface area contributed by atoms with E-state index in [2.05, 4.69) is 20.3 Å². The summed E-state index contributed by atoms with van der Waals surface area (Å²) in [5.74, 6) is 0.418. The number of hydrogen-bond acceptors (Lipinski definition) is 6.